The van der Waals surface area contributed by atoms with E-state index in [4.69, 9.17) is 0 Å². The average Bonchev–Trinajstić information content (AvgIpc) is 3.41. The molecule has 3 saturated heterocycles. The molecular weight excluding hydrogens is 372 g/mol. The van der Waals surface area contributed by atoms with E-state index in [1.165, 1.54) is 6.42 Å². The number of Topliss-reactive ketones (excluding diaryl/α,β-unsaturated/α-hetero) is 1. The molecule has 8 nitrogen and oxygen atoms in total. The van der Waals surface area contributed by atoms with Crippen molar-refractivity contribution in [3.63, 3.8) is 0 Å². The summed E-state index contributed by atoms with van der Waals surface area (Å²) in [6.07, 6.45) is 2.12. The van der Waals surface area contributed by atoms with Gasteiger partial charge in [-0.25, -0.2) is 0 Å². The Balaban J connectivity index is 1.41. The molecule has 152 valence electrons. The van der Waals surface area contributed by atoms with E-state index in [-0.39, 0.29) is 12.3 Å². The van der Waals surface area contributed by atoms with Gasteiger partial charge in [0.1, 0.15) is 6.04 Å². The zero-order valence-electron chi connectivity index (χ0n) is 16.1. The lowest BCUT2D eigenvalue weighted by molar-refractivity contribution is -0.141. The topological polar surface area (TPSA) is 98.8 Å². The van der Waals surface area contributed by atoms with Crippen LogP contribution in [0.4, 0.5) is 0 Å². The Bertz CT molecular complexity index is 901. The minimum Gasteiger partial charge on any atom is -0.311 e. The third-order valence-corrected chi connectivity index (χ3v) is 6.74. The number of hydrogen-bond donors (Lipinski definition) is 2. The maximum absolute atomic E-state index is 12.5. The van der Waals surface area contributed by atoms with Crippen LogP contribution in [0.3, 0.4) is 0 Å². The Morgan fingerprint density at radius 1 is 1.28 bits per heavy atom. The van der Waals surface area contributed by atoms with Gasteiger partial charge in [-0.2, -0.15) is 0 Å². The second-order valence-electron chi connectivity index (χ2n) is 8.52. The van der Waals surface area contributed by atoms with Crippen molar-refractivity contribution in [3.05, 3.63) is 34.9 Å². The van der Waals surface area contributed by atoms with Gasteiger partial charge in [0, 0.05) is 44.7 Å². The van der Waals surface area contributed by atoms with Crippen LogP contribution in [0.1, 0.15) is 42.0 Å². The van der Waals surface area contributed by atoms with E-state index < -0.39 is 23.8 Å². The number of carbonyl (C=O) groups excluding carboxylic acids is 4. The highest BCUT2D eigenvalue weighted by Gasteiger charge is 2.43. The van der Waals surface area contributed by atoms with E-state index in [2.05, 4.69) is 21.6 Å². The third kappa shape index (κ3) is 3.21. The number of piperidine rings is 1. The van der Waals surface area contributed by atoms with Crippen LogP contribution in [0.2, 0.25) is 0 Å². The molecule has 0 aliphatic carbocycles. The first kappa shape index (κ1) is 18.6. The fraction of sp³-hybridized carbons (Fsp3) is 0.524. The molecule has 0 saturated carbocycles. The van der Waals surface area contributed by atoms with E-state index in [0.29, 0.717) is 31.3 Å². The van der Waals surface area contributed by atoms with Crippen molar-refractivity contribution in [3.8, 4) is 0 Å². The van der Waals surface area contributed by atoms with Crippen molar-refractivity contribution >= 4 is 23.9 Å². The second kappa shape index (κ2) is 7.12. The van der Waals surface area contributed by atoms with E-state index in [1.807, 2.05) is 12.1 Å². The van der Waals surface area contributed by atoms with E-state index in [9.17, 15) is 19.2 Å². The van der Waals surface area contributed by atoms with Crippen LogP contribution in [0.15, 0.2) is 18.2 Å². The number of amides is 2. The summed E-state index contributed by atoms with van der Waals surface area (Å²) in [5.74, 6) is -1.23. The first-order valence-corrected chi connectivity index (χ1v) is 10.2. The van der Waals surface area contributed by atoms with Crippen molar-refractivity contribution in [1.29, 1.82) is 0 Å². The Morgan fingerprint density at radius 2 is 2.14 bits per heavy atom. The number of imide groups is 1. The predicted molar refractivity (Wildman–Crippen MR) is 103 cm³/mol. The van der Waals surface area contributed by atoms with Crippen LogP contribution >= 0.6 is 0 Å². The van der Waals surface area contributed by atoms with Crippen LogP contribution < -0.4 is 10.6 Å². The van der Waals surface area contributed by atoms with E-state index in [0.717, 1.165) is 36.3 Å². The summed E-state index contributed by atoms with van der Waals surface area (Å²) < 4.78 is 0. The smallest absolute Gasteiger partial charge is 0.243 e. The number of rotatable bonds is 5. The number of piperazine rings is 1. The van der Waals surface area contributed by atoms with Gasteiger partial charge < -0.3 is 5.32 Å². The number of nitrogens with zero attached hydrogens (tertiary/aromatic N) is 2. The summed E-state index contributed by atoms with van der Waals surface area (Å²) in [7, 11) is 0. The molecule has 29 heavy (non-hydrogen) atoms. The summed E-state index contributed by atoms with van der Waals surface area (Å²) >= 11 is 0. The van der Waals surface area contributed by atoms with Gasteiger partial charge in [0.2, 0.25) is 17.6 Å². The number of likely N-dealkylation sites (tertiary alicyclic amines) is 1. The molecule has 5 rings (SSSR count). The molecule has 0 aromatic heterocycles. The van der Waals surface area contributed by atoms with Crippen LogP contribution in [0.25, 0.3) is 0 Å². The van der Waals surface area contributed by atoms with Crippen LogP contribution in [-0.2, 0) is 32.3 Å². The molecule has 2 amide bonds. The van der Waals surface area contributed by atoms with Gasteiger partial charge in [-0.05, 0) is 29.5 Å². The summed E-state index contributed by atoms with van der Waals surface area (Å²) in [5, 5.41) is 5.85. The molecule has 4 unspecified atom stereocenters. The summed E-state index contributed by atoms with van der Waals surface area (Å²) in [4.78, 5) is 52.0. The highest BCUT2D eigenvalue weighted by atomic mass is 16.2. The molecule has 4 atom stereocenters. The number of fused-ring (bicyclic) bond motifs is 3. The van der Waals surface area contributed by atoms with Gasteiger partial charge in [-0.3, -0.25) is 34.3 Å². The third-order valence-electron chi connectivity index (χ3n) is 6.74. The standard InChI is InChI=1S/C21H24N4O4/c26-11-18(27)20-16-5-12(8-24-10-14-6-15(24)7-22-14)1-2-13(16)9-25(20)17-3-4-19(28)23-21(17)29/h1-2,5,11,14-15,17,20,22H,3-4,6-10H2,(H,23,28,29). The maximum atomic E-state index is 12.5. The molecule has 1 aromatic rings. The summed E-state index contributed by atoms with van der Waals surface area (Å²) in [6.45, 7) is 3.28. The lowest BCUT2D eigenvalue weighted by Gasteiger charge is -2.32. The molecule has 2 N–H and O–H groups in total. The molecule has 3 fully saturated rings. The quantitative estimate of drug-likeness (QED) is 0.399. The largest absolute Gasteiger partial charge is 0.311 e. The number of nitrogens with one attached hydrogen (secondary N) is 2. The lowest BCUT2D eigenvalue weighted by Crippen LogP contribution is -2.52. The minimum absolute atomic E-state index is 0.238. The average molecular weight is 396 g/mol. The highest BCUT2D eigenvalue weighted by Crippen LogP contribution is 2.38. The SMILES string of the molecule is O=CC(=O)C1c2cc(CN3CC4CC3CN4)ccc2CN1C1CCC(=O)NC1=O. The first-order valence-electron chi connectivity index (χ1n) is 10.2. The Kier molecular flexibility index (Phi) is 4.57. The van der Waals surface area contributed by atoms with Gasteiger partial charge >= 0.3 is 0 Å². The minimum atomic E-state index is -0.761. The molecule has 4 aliphatic heterocycles. The zero-order valence-corrected chi connectivity index (χ0v) is 16.1. The van der Waals surface area contributed by atoms with Crippen molar-refractivity contribution in [1.82, 2.24) is 20.4 Å². The number of hydrogen-bond acceptors (Lipinski definition) is 7. The van der Waals surface area contributed by atoms with Crippen LogP contribution in [-0.4, -0.2) is 64.9 Å². The molecule has 2 bridgehead atoms. The number of ketones is 1. The van der Waals surface area contributed by atoms with Crippen molar-refractivity contribution in [2.75, 3.05) is 13.1 Å². The van der Waals surface area contributed by atoms with Gasteiger partial charge in [-0.1, -0.05) is 18.2 Å². The summed E-state index contributed by atoms with van der Waals surface area (Å²) in [6, 6.07) is 5.89. The van der Waals surface area contributed by atoms with Gasteiger partial charge in [0.05, 0.1) is 6.04 Å². The normalized spacial score (nSPS) is 31.7. The zero-order chi connectivity index (χ0) is 20.1. The maximum Gasteiger partial charge on any atom is 0.243 e. The molecule has 1 aromatic carbocycles. The molecule has 4 aliphatic rings. The van der Waals surface area contributed by atoms with Gasteiger partial charge in [-0.15, -0.1) is 0 Å². The molecule has 0 spiro atoms. The van der Waals surface area contributed by atoms with Crippen molar-refractivity contribution in [2.45, 2.75) is 56.5 Å². The van der Waals surface area contributed by atoms with Gasteiger partial charge in [0.25, 0.3) is 0 Å². The van der Waals surface area contributed by atoms with Gasteiger partial charge in [0.15, 0.2) is 6.29 Å². The van der Waals surface area contributed by atoms with Crippen molar-refractivity contribution in [2.24, 2.45) is 0 Å². The molecule has 4 heterocycles. The summed E-state index contributed by atoms with van der Waals surface area (Å²) in [5.41, 5.74) is 2.89. The van der Waals surface area contributed by atoms with E-state index >= 15 is 0 Å². The van der Waals surface area contributed by atoms with E-state index in [1.54, 1.807) is 4.90 Å². The Labute approximate surface area is 168 Å². The number of carbonyl (C=O) groups is 4. The van der Waals surface area contributed by atoms with Crippen LogP contribution in [0, 0.1) is 0 Å². The fourth-order valence-electron chi connectivity index (χ4n) is 5.35. The lowest BCUT2D eigenvalue weighted by atomic mass is 9.97. The van der Waals surface area contributed by atoms with Crippen LogP contribution in [0.5, 0.6) is 0 Å². The molecule has 0 radical (unpaired) electrons. The second-order valence-corrected chi connectivity index (χ2v) is 8.52. The molecule has 8 heteroatoms. The molecular formula is C21H24N4O4. The number of benzene rings is 1. The Hall–Kier alpha value is -2.42. The highest BCUT2D eigenvalue weighted by molar-refractivity contribution is 6.27. The predicted octanol–water partition coefficient (Wildman–Crippen LogP) is -0.337. The Morgan fingerprint density at radius 3 is 2.83 bits per heavy atom. The fourth-order valence-corrected chi connectivity index (χ4v) is 5.35. The monoisotopic (exact) mass is 396 g/mol. The van der Waals surface area contributed by atoms with Crippen molar-refractivity contribution < 1.29 is 19.2 Å². The first-order chi connectivity index (χ1) is 14.0. The number of aldehydes is 1.